The van der Waals surface area contributed by atoms with Gasteiger partial charge < -0.3 is 38.6 Å². The van der Waals surface area contributed by atoms with Crippen LogP contribution in [0.25, 0.3) is 0 Å². The van der Waals surface area contributed by atoms with Crippen molar-refractivity contribution in [2.75, 3.05) is 13.7 Å². The van der Waals surface area contributed by atoms with Gasteiger partial charge in [0.25, 0.3) is 0 Å². The lowest BCUT2D eigenvalue weighted by molar-refractivity contribution is -0.174. The normalized spacial score (nSPS) is 13.2. The lowest BCUT2D eigenvalue weighted by Gasteiger charge is -2.30. The molecule has 296 valence electrons. The predicted octanol–water partition coefficient (Wildman–Crippen LogP) is 5.23. The third-order valence-corrected chi connectivity index (χ3v) is 8.57. The summed E-state index contributed by atoms with van der Waals surface area (Å²) in [5.74, 6) is -1.80. The van der Waals surface area contributed by atoms with E-state index in [2.05, 4.69) is 32.9 Å². The Bertz CT molecular complexity index is 1630. The molecule has 0 fully saturated rings. The summed E-state index contributed by atoms with van der Waals surface area (Å²) < 4.78 is 24.5. The van der Waals surface area contributed by atoms with Crippen molar-refractivity contribution in [2.24, 2.45) is 5.92 Å². The van der Waals surface area contributed by atoms with Crippen molar-refractivity contribution in [3.63, 3.8) is 0 Å². The highest BCUT2D eigenvalue weighted by molar-refractivity contribution is 5.95. The van der Waals surface area contributed by atoms with Gasteiger partial charge in [0.15, 0.2) is 18.0 Å². The lowest BCUT2D eigenvalue weighted by atomic mass is 9.82. The average molecular weight is 756 g/mol. The summed E-state index contributed by atoms with van der Waals surface area (Å²) in [6, 6.07) is 5.36. The second kappa shape index (κ2) is 25.0. The number of unbranched alkanes of at least 4 members (excludes halogenated alkanes) is 8. The molecule has 1 aromatic heterocycles. The van der Waals surface area contributed by atoms with Gasteiger partial charge in [0.05, 0.1) is 19.4 Å². The number of amides is 1. The number of ether oxygens (including phenoxy) is 3. The number of aliphatic carboxylic acids is 1. The van der Waals surface area contributed by atoms with Crippen LogP contribution in [0, 0.1) is 17.8 Å². The number of aliphatic hydroxyl groups is 1. The molecule has 0 radical (unpaired) electrons. The van der Waals surface area contributed by atoms with E-state index in [0.717, 1.165) is 58.3 Å². The maximum atomic E-state index is 13.8. The molecule has 14 nitrogen and oxygen atoms in total. The van der Waals surface area contributed by atoms with Gasteiger partial charge >= 0.3 is 23.7 Å². The Morgan fingerprint density at radius 3 is 2.24 bits per heavy atom. The van der Waals surface area contributed by atoms with Crippen molar-refractivity contribution >= 4 is 29.6 Å². The largest absolute Gasteiger partial charge is 0.518 e. The number of carboxylic acid groups (broad SMARTS) is 1. The zero-order chi connectivity index (χ0) is 39.8. The minimum Gasteiger partial charge on any atom is -0.481 e. The number of allylic oxidation sites excluding steroid dienone is 1. The number of nitrogens with one attached hydrogen (secondary N) is 1. The summed E-state index contributed by atoms with van der Waals surface area (Å²) in [5.41, 5.74) is -2.42. The van der Waals surface area contributed by atoms with E-state index in [0.29, 0.717) is 37.0 Å². The predicted molar refractivity (Wildman–Crippen MR) is 196 cm³/mol. The van der Waals surface area contributed by atoms with Gasteiger partial charge in [0, 0.05) is 19.3 Å². The SMILES string of the molecule is CC#CCOc1ccc(C[C@H](NC(=O)[C@@H](/C=C/CCCCCCC(=O)CCCCCCC)[C@@](O)(CC(=O)OCc2coc(=O)o2)C(=O)O)C(=O)OC)cc1. The third-order valence-electron chi connectivity index (χ3n) is 8.57. The number of benzene rings is 1. The summed E-state index contributed by atoms with van der Waals surface area (Å²) in [4.78, 5) is 75.2. The van der Waals surface area contributed by atoms with Gasteiger partial charge in [-0.15, -0.1) is 5.92 Å². The van der Waals surface area contributed by atoms with Crippen LogP contribution in [-0.2, 0) is 46.5 Å². The minimum atomic E-state index is -3.02. The number of esters is 2. The lowest BCUT2D eigenvalue weighted by Crippen LogP contribution is -2.55. The third kappa shape index (κ3) is 16.7. The van der Waals surface area contributed by atoms with Crippen LogP contribution in [0.2, 0.25) is 0 Å². The molecule has 0 saturated heterocycles. The van der Waals surface area contributed by atoms with Gasteiger partial charge in [0.1, 0.15) is 30.4 Å². The summed E-state index contributed by atoms with van der Waals surface area (Å²) in [6.45, 7) is 3.42. The second-order valence-electron chi connectivity index (χ2n) is 12.8. The molecule has 0 aliphatic rings. The molecular weight excluding hydrogens is 702 g/mol. The smallest absolute Gasteiger partial charge is 0.481 e. The fraction of sp³-hybridized carbons (Fsp3) is 0.550. The van der Waals surface area contributed by atoms with E-state index in [1.54, 1.807) is 31.2 Å². The van der Waals surface area contributed by atoms with Crippen LogP contribution in [0.4, 0.5) is 0 Å². The summed E-state index contributed by atoms with van der Waals surface area (Å²) in [5, 5.41) is 24.1. The standard InChI is InChI=1S/C40H53NO13/c1-4-6-8-11-14-17-30(42)18-15-12-9-10-13-16-19-33(40(49,38(46)47)26-35(43)52-27-32-28-53-39(48)54-32)36(44)41-34(37(45)50-3)25-29-20-22-31(23-21-29)51-24-7-5-2/h16,19-23,28,33-34,49H,4,6,8-15,17-18,24-27H2,1-3H3,(H,41,44)(H,46,47)/b19-16+/t33-,34+,40+/m1/s1. The topological polar surface area (TPSA) is 209 Å². The van der Waals surface area contributed by atoms with E-state index in [9.17, 15) is 39.0 Å². The molecule has 1 aromatic carbocycles. The molecule has 2 aromatic rings. The van der Waals surface area contributed by atoms with E-state index in [1.165, 1.54) is 18.6 Å². The van der Waals surface area contributed by atoms with Crippen molar-refractivity contribution in [3.05, 3.63) is 64.6 Å². The van der Waals surface area contributed by atoms with Gasteiger partial charge in [-0.1, -0.05) is 75.7 Å². The Morgan fingerprint density at radius 2 is 1.65 bits per heavy atom. The number of ketones is 1. The quantitative estimate of drug-likeness (QED) is 0.0463. The van der Waals surface area contributed by atoms with Crippen LogP contribution < -0.4 is 15.9 Å². The molecule has 1 amide bonds. The Hall–Kier alpha value is -5.16. The van der Waals surface area contributed by atoms with Crippen LogP contribution in [0.3, 0.4) is 0 Å². The Balaban J connectivity index is 2.15. The van der Waals surface area contributed by atoms with Crippen molar-refractivity contribution < 1.29 is 57.2 Å². The molecule has 0 bridgehead atoms. The Morgan fingerprint density at radius 1 is 0.981 bits per heavy atom. The summed E-state index contributed by atoms with van der Waals surface area (Å²) in [7, 11) is 1.13. The van der Waals surface area contributed by atoms with Gasteiger partial charge in [-0.2, -0.15) is 0 Å². The molecular formula is C40H53NO13. The molecule has 3 N–H and O–H groups in total. The van der Waals surface area contributed by atoms with Crippen molar-refractivity contribution in [1.29, 1.82) is 0 Å². The van der Waals surface area contributed by atoms with Gasteiger partial charge in [-0.3, -0.25) is 14.4 Å². The Labute approximate surface area is 315 Å². The van der Waals surface area contributed by atoms with Crippen molar-refractivity contribution in [3.8, 4) is 17.6 Å². The van der Waals surface area contributed by atoms with Crippen molar-refractivity contribution in [1.82, 2.24) is 5.32 Å². The van der Waals surface area contributed by atoms with Crippen LogP contribution >= 0.6 is 0 Å². The molecule has 2 rings (SSSR count). The number of hydrogen-bond acceptors (Lipinski definition) is 12. The molecule has 1 heterocycles. The molecule has 0 unspecified atom stereocenters. The Kier molecular flexibility index (Phi) is 20.8. The van der Waals surface area contributed by atoms with E-state index >= 15 is 0 Å². The maximum absolute atomic E-state index is 13.8. The highest BCUT2D eigenvalue weighted by Crippen LogP contribution is 2.27. The van der Waals surface area contributed by atoms with E-state index in [1.807, 2.05) is 0 Å². The molecule has 0 aliphatic heterocycles. The van der Waals surface area contributed by atoms with Gasteiger partial charge in [-0.25, -0.2) is 14.4 Å². The minimum absolute atomic E-state index is 0.0608. The van der Waals surface area contributed by atoms with Crippen LogP contribution in [0.15, 0.2) is 56.3 Å². The first kappa shape index (κ1) is 45.0. The number of methoxy groups -OCH3 is 1. The number of carboxylic acids is 1. The number of carbonyl (C=O) groups excluding carboxylic acids is 4. The van der Waals surface area contributed by atoms with Crippen molar-refractivity contribution in [2.45, 2.75) is 122 Å². The van der Waals surface area contributed by atoms with Gasteiger partial charge in [0.2, 0.25) is 5.91 Å². The summed E-state index contributed by atoms with van der Waals surface area (Å²) in [6.07, 6.45) is 12.3. The van der Waals surface area contributed by atoms with Crippen LogP contribution in [0.1, 0.15) is 109 Å². The molecule has 0 spiro atoms. The maximum Gasteiger partial charge on any atom is 0.518 e. The molecule has 14 heteroatoms. The van der Waals surface area contributed by atoms with E-state index in [-0.39, 0.29) is 24.6 Å². The monoisotopic (exact) mass is 755 g/mol. The molecule has 0 aliphatic carbocycles. The zero-order valence-corrected chi connectivity index (χ0v) is 31.4. The summed E-state index contributed by atoms with van der Waals surface area (Å²) >= 11 is 0. The highest BCUT2D eigenvalue weighted by Gasteiger charge is 2.49. The first-order chi connectivity index (χ1) is 25.9. The molecule has 0 saturated carbocycles. The number of Topliss-reactive ketones (excluding diaryl/α,β-unsaturated/α-hetero) is 1. The fourth-order valence-corrected chi connectivity index (χ4v) is 5.50. The fourth-order valence-electron chi connectivity index (χ4n) is 5.50. The molecule has 3 atom stereocenters. The van der Waals surface area contributed by atoms with E-state index < -0.39 is 60.2 Å². The van der Waals surface area contributed by atoms with Crippen LogP contribution in [0.5, 0.6) is 5.75 Å². The first-order valence-electron chi connectivity index (χ1n) is 18.3. The number of rotatable bonds is 27. The zero-order valence-electron chi connectivity index (χ0n) is 31.4. The van der Waals surface area contributed by atoms with E-state index in [4.69, 9.17) is 14.2 Å². The number of hydrogen-bond donors (Lipinski definition) is 3. The second-order valence-corrected chi connectivity index (χ2v) is 12.8. The number of carbonyl (C=O) groups is 5. The van der Waals surface area contributed by atoms with Gasteiger partial charge in [-0.05, 0) is 50.3 Å². The van der Waals surface area contributed by atoms with Crippen LogP contribution in [-0.4, -0.2) is 65.2 Å². The molecule has 54 heavy (non-hydrogen) atoms. The first-order valence-corrected chi connectivity index (χ1v) is 18.3. The average Bonchev–Trinajstić information content (AvgIpc) is 3.57. The highest BCUT2D eigenvalue weighted by atomic mass is 16.6.